The van der Waals surface area contributed by atoms with Gasteiger partial charge < -0.3 is 14.7 Å². The van der Waals surface area contributed by atoms with Gasteiger partial charge >= 0.3 is 6.18 Å². The van der Waals surface area contributed by atoms with E-state index in [9.17, 15) is 37.1 Å². The van der Waals surface area contributed by atoms with Crippen LogP contribution >= 0.6 is 11.6 Å². The van der Waals surface area contributed by atoms with E-state index in [2.05, 4.69) is 4.98 Å². The average molecular weight is 677 g/mol. The number of rotatable bonds is 11. The zero-order valence-corrected chi connectivity index (χ0v) is 25.8. The molecule has 244 valence electrons. The highest BCUT2D eigenvalue weighted by atomic mass is 35.5. The third kappa shape index (κ3) is 7.59. The van der Waals surface area contributed by atoms with Crippen molar-refractivity contribution in [3.8, 4) is 5.75 Å². The topological polar surface area (TPSA) is 96.8 Å². The Labute approximate surface area is 277 Å². The average Bonchev–Trinajstić information content (AvgIpc) is 3.09. The molecule has 0 saturated carbocycles. The molecular weight excluding hydrogens is 652 g/mol. The van der Waals surface area contributed by atoms with E-state index in [-0.39, 0.29) is 44.2 Å². The van der Waals surface area contributed by atoms with Crippen LogP contribution in [0.4, 0.5) is 28.9 Å². The quantitative estimate of drug-likeness (QED) is 0.112. The lowest BCUT2D eigenvalue weighted by molar-refractivity contribution is -0.118. The second-order valence-electron chi connectivity index (χ2n) is 10.5. The maximum Gasteiger partial charge on any atom is 0.406 e. The van der Waals surface area contributed by atoms with Crippen LogP contribution in [0.15, 0.2) is 109 Å². The molecule has 4 aromatic carbocycles. The van der Waals surface area contributed by atoms with E-state index >= 15 is 0 Å². The Bertz CT molecular complexity index is 1970. The molecule has 48 heavy (non-hydrogen) atoms. The van der Waals surface area contributed by atoms with Crippen LogP contribution in [0.2, 0.25) is 5.02 Å². The number of aliphatic hydroxyl groups excluding tert-OH is 1. The zero-order chi connectivity index (χ0) is 34.6. The summed E-state index contributed by atoms with van der Waals surface area (Å²) in [5.74, 6) is -2.46. The first-order valence-electron chi connectivity index (χ1n) is 14.3. The van der Waals surface area contributed by atoms with E-state index in [0.29, 0.717) is 10.6 Å². The maximum atomic E-state index is 14.6. The largest absolute Gasteiger partial charge is 0.497 e. The molecule has 5 aromatic rings. The van der Waals surface area contributed by atoms with Crippen LogP contribution in [0.5, 0.6) is 5.75 Å². The predicted octanol–water partition coefficient (Wildman–Crippen LogP) is 7.96. The first-order chi connectivity index (χ1) is 22.9. The number of aromatic nitrogens is 1. The van der Waals surface area contributed by atoms with Crippen LogP contribution in [-0.2, 0) is 0 Å². The Morgan fingerprint density at radius 2 is 1.54 bits per heavy atom. The lowest BCUT2D eigenvalue weighted by Crippen LogP contribution is -2.31. The van der Waals surface area contributed by atoms with Gasteiger partial charge in [-0.05, 0) is 66.7 Å². The molecular formula is C36H25ClF4N2O5. The van der Waals surface area contributed by atoms with Crippen molar-refractivity contribution >= 4 is 40.3 Å². The number of carbonyl (C=O) groups excluding carboxylic acids is 3. The molecule has 0 saturated heterocycles. The van der Waals surface area contributed by atoms with Crippen LogP contribution in [-0.4, -0.2) is 47.3 Å². The van der Waals surface area contributed by atoms with E-state index in [4.69, 9.17) is 16.3 Å². The maximum absolute atomic E-state index is 14.6. The van der Waals surface area contributed by atoms with E-state index in [1.54, 1.807) is 30.3 Å². The van der Waals surface area contributed by atoms with Crippen molar-refractivity contribution in [2.75, 3.05) is 18.6 Å². The predicted molar refractivity (Wildman–Crippen MR) is 171 cm³/mol. The number of methoxy groups -OCH3 is 1. The molecule has 1 heterocycles. The normalized spacial score (nSPS) is 11.9. The molecule has 1 unspecified atom stereocenters. The number of hydrogen-bond acceptors (Lipinski definition) is 7. The third-order valence-corrected chi connectivity index (χ3v) is 7.58. The molecule has 0 fully saturated rings. The van der Waals surface area contributed by atoms with Crippen LogP contribution in [0.3, 0.4) is 0 Å². The lowest BCUT2D eigenvalue weighted by atomic mass is 9.89. The van der Waals surface area contributed by atoms with E-state index in [1.807, 2.05) is 0 Å². The van der Waals surface area contributed by atoms with Crippen LogP contribution < -0.4 is 9.64 Å². The second kappa shape index (κ2) is 14.2. The summed E-state index contributed by atoms with van der Waals surface area (Å²) in [6.07, 6.45) is -5.57. The zero-order valence-electron chi connectivity index (χ0n) is 25.0. The van der Waals surface area contributed by atoms with Crippen molar-refractivity contribution in [1.82, 2.24) is 4.98 Å². The van der Waals surface area contributed by atoms with Gasteiger partial charge in [0.25, 0.3) is 0 Å². The van der Waals surface area contributed by atoms with Crippen molar-refractivity contribution in [2.45, 2.75) is 12.3 Å². The fourth-order valence-electron chi connectivity index (χ4n) is 4.96. The summed E-state index contributed by atoms with van der Waals surface area (Å²) in [7, 11) is 1.47. The fraction of sp³-hybridized carbons (Fsp3) is 0.111. The molecule has 0 amide bonds. The Morgan fingerprint density at radius 3 is 2.15 bits per heavy atom. The smallest absolute Gasteiger partial charge is 0.406 e. The van der Waals surface area contributed by atoms with Gasteiger partial charge in [0.2, 0.25) is 5.78 Å². The highest BCUT2D eigenvalue weighted by Gasteiger charge is 2.33. The molecule has 7 nitrogen and oxygen atoms in total. The van der Waals surface area contributed by atoms with Gasteiger partial charge in [-0.3, -0.25) is 19.4 Å². The third-order valence-electron chi connectivity index (χ3n) is 7.34. The number of anilines is 2. The van der Waals surface area contributed by atoms with Gasteiger partial charge in [0, 0.05) is 32.8 Å². The number of halogens is 5. The van der Waals surface area contributed by atoms with Crippen LogP contribution in [0.1, 0.15) is 54.0 Å². The van der Waals surface area contributed by atoms with Gasteiger partial charge in [0.15, 0.2) is 11.6 Å². The number of ketones is 3. The molecule has 0 aliphatic carbocycles. The van der Waals surface area contributed by atoms with E-state index < -0.39 is 47.7 Å². The Balaban J connectivity index is 1.51. The van der Waals surface area contributed by atoms with Crippen LogP contribution in [0.25, 0.3) is 0 Å². The first-order valence-corrected chi connectivity index (χ1v) is 14.6. The Kier molecular flexibility index (Phi) is 10.0. The minimum absolute atomic E-state index is 0.00560. The molecule has 0 aliphatic rings. The lowest BCUT2D eigenvalue weighted by Gasteiger charge is -2.26. The summed E-state index contributed by atoms with van der Waals surface area (Å²) in [5, 5.41) is 11.2. The van der Waals surface area contributed by atoms with Crippen molar-refractivity contribution in [1.29, 1.82) is 0 Å². The summed E-state index contributed by atoms with van der Waals surface area (Å²) >= 11 is 5.77. The summed E-state index contributed by atoms with van der Waals surface area (Å²) in [6, 6.07) is 23.4. The monoisotopic (exact) mass is 676 g/mol. The van der Waals surface area contributed by atoms with Gasteiger partial charge in [-0.2, -0.15) is 13.2 Å². The number of nitrogens with zero attached hydrogens (tertiary/aromatic N) is 2. The number of Topliss-reactive ketones (excluding diaryl/α,β-unsaturated/α-hetero) is 1. The molecule has 1 N–H and O–H groups in total. The van der Waals surface area contributed by atoms with Gasteiger partial charge in [-0.1, -0.05) is 48.0 Å². The molecule has 5 rings (SSSR count). The van der Waals surface area contributed by atoms with Crippen molar-refractivity contribution in [3.63, 3.8) is 0 Å². The summed E-state index contributed by atoms with van der Waals surface area (Å²) in [6.45, 7) is -1.55. The summed E-state index contributed by atoms with van der Waals surface area (Å²) < 4.78 is 60.2. The summed E-state index contributed by atoms with van der Waals surface area (Å²) in [5.41, 5.74) is -0.604. The Hall–Kier alpha value is -5.39. The molecule has 1 atom stereocenters. The number of aliphatic hydroxyl groups is 1. The molecule has 0 aliphatic heterocycles. The van der Waals surface area contributed by atoms with Gasteiger partial charge in [0.1, 0.15) is 29.9 Å². The number of alkyl halides is 3. The summed E-state index contributed by atoms with van der Waals surface area (Å²) in [4.78, 5) is 45.1. The van der Waals surface area contributed by atoms with Crippen molar-refractivity contribution in [2.24, 2.45) is 0 Å². The number of carbonyl (C=O) groups is 3. The van der Waals surface area contributed by atoms with Gasteiger partial charge in [-0.25, -0.2) is 4.39 Å². The number of benzene rings is 4. The second-order valence-corrected chi connectivity index (χ2v) is 11.0. The number of hydrogen-bond donors (Lipinski definition) is 1. The minimum Gasteiger partial charge on any atom is -0.497 e. The minimum atomic E-state index is -4.72. The van der Waals surface area contributed by atoms with Crippen molar-refractivity contribution < 1.29 is 41.8 Å². The number of pyridine rings is 1. The highest BCUT2D eigenvalue weighted by molar-refractivity contribution is 6.30. The molecule has 12 heteroatoms. The molecule has 0 bridgehead atoms. The first kappa shape index (κ1) is 34.0. The Morgan fingerprint density at radius 1 is 0.854 bits per heavy atom. The molecule has 1 aromatic heterocycles. The highest BCUT2D eigenvalue weighted by Crippen LogP contribution is 2.33. The SMILES string of the molecule is COc1ccc(C(=O)c2ccc(C(=O)c3ccc(N(CC(F)(F)F)c4ccc(Cl)cc4F)cn3)cc2C(O)C(=O)c2ccccc2)cc1. The fourth-order valence-corrected chi connectivity index (χ4v) is 5.12. The molecule has 0 radical (unpaired) electrons. The standard InChI is InChI=1S/C36H25ClF4N2O5/c1-48-26-12-7-22(8-13-26)32(44)27-14-9-23(17-28(27)35(47)34(46)21-5-3-2-4-6-21)33(45)30-15-11-25(19-42-30)43(20-36(39,40)41)31-16-10-24(37)18-29(31)38/h2-19,35,47H,20H2,1H3. The molecule has 0 spiro atoms. The van der Waals surface area contributed by atoms with Gasteiger partial charge in [0.05, 0.1) is 24.7 Å². The number of ether oxygens (including phenoxy) is 1. The van der Waals surface area contributed by atoms with Crippen LogP contribution in [0, 0.1) is 5.82 Å². The van der Waals surface area contributed by atoms with Crippen molar-refractivity contribution in [3.05, 3.63) is 154 Å². The van der Waals surface area contributed by atoms with E-state index in [1.165, 1.54) is 61.7 Å². The van der Waals surface area contributed by atoms with E-state index in [0.717, 1.165) is 24.4 Å². The van der Waals surface area contributed by atoms with Gasteiger partial charge in [-0.15, -0.1) is 0 Å².